The SMILES string of the molecule is O=C(O)CSCOc1nc2ccccc2cc1I. The summed E-state index contributed by atoms with van der Waals surface area (Å²) in [6.45, 7) is 0. The first-order valence-electron chi connectivity index (χ1n) is 5.14. The lowest BCUT2D eigenvalue weighted by atomic mass is 10.2. The van der Waals surface area contributed by atoms with Crippen molar-refractivity contribution in [3.05, 3.63) is 33.9 Å². The molecule has 0 spiro atoms. The molecule has 1 aromatic heterocycles. The Hall–Kier alpha value is -1.02. The van der Waals surface area contributed by atoms with Crippen LogP contribution in [-0.4, -0.2) is 27.8 Å². The van der Waals surface area contributed by atoms with Crippen molar-refractivity contribution < 1.29 is 14.6 Å². The van der Waals surface area contributed by atoms with Crippen LogP contribution in [0.1, 0.15) is 0 Å². The van der Waals surface area contributed by atoms with E-state index >= 15 is 0 Å². The zero-order valence-electron chi connectivity index (χ0n) is 9.30. The van der Waals surface area contributed by atoms with Gasteiger partial charge in [0.1, 0.15) is 5.94 Å². The summed E-state index contributed by atoms with van der Waals surface area (Å²) in [6.07, 6.45) is 0. The van der Waals surface area contributed by atoms with E-state index in [-0.39, 0.29) is 11.7 Å². The molecule has 0 aliphatic heterocycles. The summed E-state index contributed by atoms with van der Waals surface area (Å²) < 4.78 is 6.40. The third-order valence-corrected chi connectivity index (χ3v) is 3.66. The van der Waals surface area contributed by atoms with Crippen molar-refractivity contribution in [3.8, 4) is 5.88 Å². The number of rotatable bonds is 5. The molecule has 4 nitrogen and oxygen atoms in total. The minimum absolute atomic E-state index is 0.0319. The number of aromatic nitrogens is 1. The minimum Gasteiger partial charge on any atom is -0.481 e. The average molecular weight is 375 g/mol. The Bertz CT molecular complexity index is 576. The Morgan fingerprint density at radius 1 is 1.44 bits per heavy atom. The van der Waals surface area contributed by atoms with Crippen molar-refractivity contribution in [2.24, 2.45) is 0 Å². The number of carbonyl (C=O) groups is 1. The van der Waals surface area contributed by atoms with Crippen LogP contribution in [0, 0.1) is 3.57 Å². The molecule has 0 saturated heterocycles. The van der Waals surface area contributed by atoms with E-state index in [9.17, 15) is 4.79 Å². The van der Waals surface area contributed by atoms with Crippen molar-refractivity contribution in [2.45, 2.75) is 0 Å². The van der Waals surface area contributed by atoms with Gasteiger partial charge in [-0.1, -0.05) is 18.2 Å². The van der Waals surface area contributed by atoms with E-state index in [1.54, 1.807) is 0 Å². The Balaban J connectivity index is 2.08. The van der Waals surface area contributed by atoms with Gasteiger partial charge in [-0.15, -0.1) is 11.8 Å². The monoisotopic (exact) mass is 375 g/mol. The molecule has 1 aromatic carbocycles. The number of carboxylic acids is 1. The summed E-state index contributed by atoms with van der Waals surface area (Å²) >= 11 is 3.37. The number of benzene rings is 1. The van der Waals surface area contributed by atoms with Gasteiger partial charge in [-0.2, -0.15) is 0 Å². The van der Waals surface area contributed by atoms with Crippen LogP contribution in [0.25, 0.3) is 10.9 Å². The predicted molar refractivity (Wildman–Crippen MR) is 80.0 cm³/mol. The summed E-state index contributed by atoms with van der Waals surface area (Å²) in [5, 5.41) is 9.58. The number of para-hydroxylation sites is 1. The molecule has 1 heterocycles. The second-order valence-corrected chi connectivity index (χ2v) is 5.57. The molecule has 0 radical (unpaired) electrons. The van der Waals surface area contributed by atoms with E-state index in [1.807, 2.05) is 30.3 Å². The maximum absolute atomic E-state index is 10.4. The van der Waals surface area contributed by atoms with E-state index in [4.69, 9.17) is 9.84 Å². The lowest BCUT2D eigenvalue weighted by Gasteiger charge is -2.07. The molecule has 2 aromatic rings. The maximum atomic E-state index is 10.4. The second-order valence-electron chi connectivity index (χ2n) is 3.47. The number of halogens is 1. The molecule has 1 N–H and O–H groups in total. The highest BCUT2D eigenvalue weighted by molar-refractivity contribution is 14.1. The number of nitrogens with zero attached hydrogens (tertiary/aromatic N) is 1. The fourth-order valence-electron chi connectivity index (χ4n) is 1.40. The van der Waals surface area contributed by atoms with Gasteiger partial charge >= 0.3 is 5.97 Å². The highest BCUT2D eigenvalue weighted by atomic mass is 127. The van der Waals surface area contributed by atoms with Gasteiger partial charge in [0.2, 0.25) is 5.88 Å². The van der Waals surface area contributed by atoms with Crippen molar-refractivity contribution in [2.75, 3.05) is 11.7 Å². The standard InChI is InChI=1S/C12H10INO3S/c13-9-5-8-3-1-2-4-10(8)14-12(9)17-7-18-6-11(15)16/h1-5H,6-7H2,(H,15,16). The Morgan fingerprint density at radius 2 is 2.22 bits per heavy atom. The Kier molecular flexibility index (Phi) is 4.65. The molecule has 94 valence electrons. The smallest absolute Gasteiger partial charge is 0.313 e. The second kappa shape index (κ2) is 6.24. The van der Waals surface area contributed by atoms with Gasteiger partial charge in [-0.25, -0.2) is 4.98 Å². The molecule has 0 saturated carbocycles. The van der Waals surface area contributed by atoms with Gasteiger partial charge in [-0.3, -0.25) is 4.79 Å². The average Bonchev–Trinajstić information content (AvgIpc) is 2.34. The van der Waals surface area contributed by atoms with Crippen LogP contribution in [0.2, 0.25) is 0 Å². The highest BCUT2D eigenvalue weighted by Crippen LogP contribution is 2.24. The molecule has 0 atom stereocenters. The first-order chi connectivity index (χ1) is 8.66. The van der Waals surface area contributed by atoms with Gasteiger partial charge < -0.3 is 9.84 Å². The van der Waals surface area contributed by atoms with Crippen LogP contribution in [0.15, 0.2) is 30.3 Å². The lowest BCUT2D eigenvalue weighted by molar-refractivity contribution is -0.133. The molecule has 6 heteroatoms. The number of carboxylic acid groups (broad SMARTS) is 1. The normalized spacial score (nSPS) is 10.5. The zero-order valence-corrected chi connectivity index (χ0v) is 12.3. The Morgan fingerprint density at radius 3 is 3.00 bits per heavy atom. The van der Waals surface area contributed by atoms with E-state index < -0.39 is 5.97 Å². The summed E-state index contributed by atoms with van der Waals surface area (Å²) in [5.41, 5.74) is 0.871. The summed E-state index contributed by atoms with van der Waals surface area (Å²) in [5.74, 6) is 0.0228. The van der Waals surface area contributed by atoms with Crippen LogP contribution in [0.4, 0.5) is 0 Å². The van der Waals surface area contributed by atoms with Gasteiger partial charge in [0, 0.05) is 5.39 Å². The Labute approximate surface area is 122 Å². The van der Waals surface area contributed by atoms with Gasteiger partial charge in [-0.05, 0) is 34.7 Å². The fraction of sp³-hybridized carbons (Fsp3) is 0.167. The highest BCUT2D eigenvalue weighted by Gasteiger charge is 2.06. The largest absolute Gasteiger partial charge is 0.481 e. The van der Waals surface area contributed by atoms with Crippen LogP contribution in [0.3, 0.4) is 0 Å². The van der Waals surface area contributed by atoms with E-state index in [1.165, 1.54) is 11.8 Å². The number of thioether (sulfide) groups is 1. The van der Waals surface area contributed by atoms with Crippen molar-refractivity contribution in [1.29, 1.82) is 0 Å². The van der Waals surface area contributed by atoms with Crippen LogP contribution < -0.4 is 4.74 Å². The topological polar surface area (TPSA) is 59.4 Å². The zero-order chi connectivity index (χ0) is 13.0. The van der Waals surface area contributed by atoms with Crippen molar-refractivity contribution in [3.63, 3.8) is 0 Å². The third-order valence-electron chi connectivity index (χ3n) is 2.15. The fourth-order valence-corrected chi connectivity index (χ4v) is 2.46. The molecule has 0 aliphatic rings. The first kappa shape index (κ1) is 13.4. The summed E-state index contributed by atoms with van der Waals surface area (Å²) in [4.78, 5) is 14.8. The van der Waals surface area contributed by atoms with Gasteiger partial charge in [0.05, 0.1) is 14.8 Å². The number of pyridine rings is 1. The van der Waals surface area contributed by atoms with Crippen molar-refractivity contribution in [1.82, 2.24) is 4.98 Å². The molecule has 2 rings (SSSR count). The van der Waals surface area contributed by atoms with Crippen LogP contribution in [-0.2, 0) is 4.79 Å². The van der Waals surface area contributed by atoms with E-state index in [0.717, 1.165) is 14.5 Å². The summed E-state index contributed by atoms with van der Waals surface area (Å²) in [7, 11) is 0. The molecule has 0 amide bonds. The van der Waals surface area contributed by atoms with Gasteiger partial charge in [0.15, 0.2) is 0 Å². The third kappa shape index (κ3) is 3.49. The molecule has 0 fully saturated rings. The van der Waals surface area contributed by atoms with E-state index in [2.05, 4.69) is 27.6 Å². The number of ether oxygens (including phenoxy) is 1. The molecule has 18 heavy (non-hydrogen) atoms. The molecule has 0 aliphatic carbocycles. The predicted octanol–water partition coefficient (Wildman–Crippen LogP) is 2.99. The molecule has 0 bridgehead atoms. The molecular formula is C12H10INO3S. The van der Waals surface area contributed by atoms with Crippen LogP contribution >= 0.6 is 34.4 Å². The van der Waals surface area contributed by atoms with Crippen molar-refractivity contribution >= 4 is 51.2 Å². The summed E-state index contributed by atoms with van der Waals surface area (Å²) in [6, 6.07) is 9.80. The van der Waals surface area contributed by atoms with E-state index in [0.29, 0.717) is 5.88 Å². The quantitative estimate of drug-likeness (QED) is 0.495. The minimum atomic E-state index is -0.843. The molecular weight excluding hydrogens is 365 g/mol. The number of aliphatic carboxylic acids is 1. The number of hydrogen-bond acceptors (Lipinski definition) is 4. The maximum Gasteiger partial charge on any atom is 0.313 e. The van der Waals surface area contributed by atoms with Crippen LogP contribution in [0.5, 0.6) is 5.88 Å². The lowest BCUT2D eigenvalue weighted by Crippen LogP contribution is -2.03. The van der Waals surface area contributed by atoms with Gasteiger partial charge in [0.25, 0.3) is 0 Å². The molecule has 0 unspecified atom stereocenters. The number of hydrogen-bond donors (Lipinski definition) is 1. The first-order valence-corrected chi connectivity index (χ1v) is 7.38. The number of fused-ring (bicyclic) bond motifs is 1.